The quantitative estimate of drug-likeness (QED) is 0.932. The van der Waals surface area contributed by atoms with Crippen molar-refractivity contribution in [1.29, 1.82) is 0 Å². The maximum Gasteiger partial charge on any atom is 0.253 e. The summed E-state index contributed by atoms with van der Waals surface area (Å²) in [5.74, 6) is 0.781. The zero-order chi connectivity index (χ0) is 17.6. The third kappa shape index (κ3) is 3.07. The summed E-state index contributed by atoms with van der Waals surface area (Å²) in [6, 6.07) is 9.22. The SMILES string of the molecule is CN(C)C[C@@H]1C[C@@H]2CN(C(=O)c3ccc4[nH]ccc4c3)CC[C@@H]2N1C. The van der Waals surface area contributed by atoms with Crippen molar-refractivity contribution in [3.05, 3.63) is 36.0 Å². The number of aromatic amines is 1. The molecule has 2 fully saturated rings. The molecule has 3 heterocycles. The number of H-pyrrole nitrogens is 1. The molecule has 25 heavy (non-hydrogen) atoms. The first kappa shape index (κ1) is 16.6. The molecule has 2 aromatic rings. The number of piperidine rings is 1. The molecule has 2 aliphatic rings. The minimum Gasteiger partial charge on any atom is -0.361 e. The largest absolute Gasteiger partial charge is 0.361 e. The fourth-order valence-corrected chi connectivity index (χ4v) is 4.75. The molecule has 0 aliphatic carbocycles. The number of fused-ring (bicyclic) bond motifs is 2. The summed E-state index contributed by atoms with van der Waals surface area (Å²) < 4.78 is 0. The van der Waals surface area contributed by atoms with Gasteiger partial charge in [-0.2, -0.15) is 0 Å². The van der Waals surface area contributed by atoms with Crippen molar-refractivity contribution < 1.29 is 4.79 Å². The van der Waals surface area contributed by atoms with Crippen LogP contribution in [-0.4, -0.2) is 78.5 Å². The van der Waals surface area contributed by atoms with Crippen molar-refractivity contribution in [2.24, 2.45) is 5.92 Å². The zero-order valence-electron chi connectivity index (χ0n) is 15.4. The number of carbonyl (C=O) groups excluding carboxylic acids is 1. The van der Waals surface area contributed by atoms with Gasteiger partial charge in [0.05, 0.1) is 0 Å². The van der Waals surface area contributed by atoms with E-state index in [4.69, 9.17) is 0 Å². The van der Waals surface area contributed by atoms with E-state index in [-0.39, 0.29) is 5.91 Å². The van der Waals surface area contributed by atoms with Crippen LogP contribution in [0.4, 0.5) is 0 Å². The average molecular weight is 340 g/mol. The molecule has 3 atom stereocenters. The number of nitrogens with one attached hydrogen (secondary N) is 1. The van der Waals surface area contributed by atoms with Crippen molar-refractivity contribution in [3.63, 3.8) is 0 Å². The average Bonchev–Trinajstić information content (AvgIpc) is 3.18. The van der Waals surface area contributed by atoms with Crippen molar-refractivity contribution in [2.45, 2.75) is 24.9 Å². The third-order valence-corrected chi connectivity index (χ3v) is 6.03. The highest BCUT2D eigenvalue weighted by molar-refractivity contribution is 5.98. The molecule has 1 aromatic carbocycles. The van der Waals surface area contributed by atoms with Crippen LogP contribution in [0.25, 0.3) is 10.9 Å². The lowest BCUT2D eigenvalue weighted by Gasteiger charge is -2.37. The molecule has 1 N–H and O–H groups in total. The van der Waals surface area contributed by atoms with E-state index in [1.807, 2.05) is 30.5 Å². The molecular formula is C20H28N4O. The number of likely N-dealkylation sites (tertiary alicyclic amines) is 2. The Morgan fingerprint density at radius 1 is 1.32 bits per heavy atom. The molecule has 5 nitrogen and oxygen atoms in total. The first-order chi connectivity index (χ1) is 12.0. The van der Waals surface area contributed by atoms with Crippen LogP contribution >= 0.6 is 0 Å². The van der Waals surface area contributed by atoms with Gasteiger partial charge in [-0.1, -0.05) is 0 Å². The van der Waals surface area contributed by atoms with Crippen LogP contribution in [0.2, 0.25) is 0 Å². The molecule has 1 aromatic heterocycles. The van der Waals surface area contributed by atoms with E-state index in [2.05, 4.69) is 40.8 Å². The molecular weight excluding hydrogens is 312 g/mol. The van der Waals surface area contributed by atoms with Gasteiger partial charge in [-0.25, -0.2) is 0 Å². The van der Waals surface area contributed by atoms with Crippen LogP contribution in [0.1, 0.15) is 23.2 Å². The standard InChI is InChI=1S/C20H28N4O/c1-22(2)13-17-11-16-12-24(9-7-19(16)23(17)3)20(25)15-4-5-18-14(10-15)6-8-21-18/h4-6,8,10,16-17,19,21H,7,9,11-13H2,1-3H3/t16-,17+,19+/m1/s1. The molecule has 134 valence electrons. The maximum atomic E-state index is 13.0. The number of benzene rings is 1. The van der Waals surface area contributed by atoms with Crippen molar-refractivity contribution >= 4 is 16.8 Å². The van der Waals surface area contributed by atoms with Gasteiger partial charge in [-0.15, -0.1) is 0 Å². The second-order valence-electron chi connectivity index (χ2n) is 7.96. The fraction of sp³-hybridized carbons (Fsp3) is 0.550. The summed E-state index contributed by atoms with van der Waals surface area (Å²) in [7, 11) is 6.54. The normalized spacial score (nSPS) is 27.2. The van der Waals surface area contributed by atoms with E-state index in [0.717, 1.165) is 42.5 Å². The van der Waals surface area contributed by atoms with Gasteiger partial charge >= 0.3 is 0 Å². The van der Waals surface area contributed by atoms with Gasteiger partial charge in [0.25, 0.3) is 5.91 Å². The number of likely N-dealkylation sites (N-methyl/N-ethyl adjacent to an activating group) is 2. The summed E-state index contributed by atoms with van der Waals surface area (Å²) in [6.45, 7) is 2.86. The number of rotatable bonds is 3. The van der Waals surface area contributed by atoms with Gasteiger partial charge in [0.2, 0.25) is 0 Å². The van der Waals surface area contributed by atoms with E-state index >= 15 is 0 Å². The lowest BCUT2D eigenvalue weighted by Crippen LogP contribution is -2.48. The second-order valence-corrected chi connectivity index (χ2v) is 7.96. The van der Waals surface area contributed by atoms with E-state index < -0.39 is 0 Å². The fourth-order valence-electron chi connectivity index (χ4n) is 4.75. The number of nitrogens with zero attached hydrogens (tertiary/aromatic N) is 3. The van der Waals surface area contributed by atoms with Crippen LogP contribution in [-0.2, 0) is 0 Å². The number of hydrogen-bond acceptors (Lipinski definition) is 3. The Morgan fingerprint density at radius 3 is 2.96 bits per heavy atom. The van der Waals surface area contributed by atoms with Crippen molar-refractivity contribution in [2.75, 3.05) is 40.8 Å². The Kier molecular flexibility index (Phi) is 4.29. The Morgan fingerprint density at radius 2 is 2.16 bits per heavy atom. The van der Waals surface area contributed by atoms with Crippen LogP contribution in [0.15, 0.2) is 30.5 Å². The van der Waals surface area contributed by atoms with Gasteiger partial charge in [0.15, 0.2) is 0 Å². The molecule has 5 heteroatoms. The minimum atomic E-state index is 0.181. The molecule has 0 radical (unpaired) electrons. The van der Waals surface area contributed by atoms with Gasteiger partial charge in [-0.3, -0.25) is 9.69 Å². The molecule has 2 saturated heterocycles. The van der Waals surface area contributed by atoms with Crippen LogP contribution in [0.5, 0.6) is 0 Å². The highest BCUT2D eigenvalue weighted by atomic mass is 16.2. The minimum absolute atomic E-state index is 0.181. The molecule has 0 bridgehead atoms. The number of hydrogen-bond donors (Lipinski definition) is 1. The highest BCUT2D eigenvalue weighted by Crippen LogP contribution is 2.35. The van der Waals surface area contributed by atoms with Gasteiger partial charge in [0, 0.05) is 54.4 Å². The topological polar surface area (TPSA) is 42.6 Å². The summed E-state index contributed by atoms with van der Waals surface area (Å²) in [6.07, 6.45) is 4.20. The Hall–Kier alpha value is -1.85. The zero-order valence-corrected chi connectivity index (χ0v) is 15.4. The Labute approximate surface area is 149 Å². The molecule has 0 spiro atoms. The van der Waals surface area contributed by atoms with Crippen molar-refractivity contribution in [1.82, 2.24) is 19.7 Å². The van der Waals surface area contributed by atoms with E-state index in [9.17, 15) is 4.79 Å². The Balaban J connectivity index is 1.47. The molecule has 0 unspecified atom stereocenters. The van der Waals surface area contributed by atoms with E-state index in [1.54, 1.807) is 0 Å². The highest BCUT2D eigenvalue weighted by Gasteiger charge is 2.42. The lowest BCUT2D eigenvalue weighted by molar-refractivity contribution is 0.0606. The number of carbonyl (C=O) groups is 1. The van der Waals surface area contributed by atoms with Crippen LogP contribution < -0.4 is 0 Å². The van der Waals surface area contributed by atoms with E-state index in [1.165, 1.54) is 6.42 Å². The summed E-state index contributed by atoms with van der Waals surface area (Å²) in [5, 5.41) is 1.10. The van der Waals surface area contributed by atoms with Gasteiger partial charge in [0.1, 0.15) is 0 Å². The summed E-state index contributed by atoms with van der Waals surface area (Å²) >= 11 is 0. The summed E-state index contributed by atoms with van der Waals surface area (Å²) in [4.78, 5) is 23.1. The maximum absolute atomic E-state index is 13.0. The molecule has 2 aliphatic heterocycles. The first-order valence-corrected chi connectivity index (χ1v) is 9.26. The molecule has 4 rings (SSSR count). The number of amides is 1. The predicted molar refractivity (Wildman–Crippen MR) is 101 cm³/mol. The molecule has 0 saturated carbocycles. The van der Waals surface area contributed by atoms with Gasteiger partial charge in [-0.05, 0) is 64.2 Å². The molecule has 1 amide bonds. The second kappa shape index (κ2) is 6.46. The van der Waals surface area contributed by atoms with Crippen LogP contribution in [0, 0.1) is 5.92 Å². The van der Waals surface area contributed by atoms with E-state index in [0.29, 0.717) is 18.0 Å². The van der Waals surface area contributed by atoms with Crippen LogP contribution in [0.3, 0.4) is 0 Å². The lowest BCUT2D eigenvalue weighted by atomic mass is 9.91. The third-order valence-electron chi connectivity index (χ3n) is 6.03. The summed E-state index contributed by atoms with van der Waals surface area (Å²) in [5.41, 5.74) is 1.89. The van der Waals surface area contributed by atoms with Crippen molar-refractivity contribution in [3.8, 4) is 0 Å². The van der Waals surface area contributed by atoms with Gasteiger partial charge < -0.3 is 14.8 Å². The monoisotopic (exact) mass is 340 g/mol. The predicted octanol–water partition coefficient (Wildman–Crippen LogP) is 2.26. The first-order valence-electron chi connectivity index (χ1n) is 9.26. The number of aromatic nitrogens is 1. The Bertz CT molecular complexity index is 768. The smallest absolute Gasteiger partial charge is 0.253 e.